The van der Waals surface area contributed by atoms with E-state index in [1.54, 1.807) is 0 Å². The van der Waals surface area contributed by atoms with E-state index in [2.05, 4.69) is 4.90 Å². The van der Waals surface area contributed by atoms with Gasteiger partial charge in [0.05, 0.1) is 11.3 Å². The zero-order chi connectivity index (χ0) is 22.8. The predicted molar refractivity (Wildman–Crippen MR) is 133 cm³/mol. The largest absolute Gasteiger partial charge is 0.372 e. The van der Waals surface area contributed by atoms with Gasteiger partial charge in [0.1, 0.15) is 5.70 Å². The van der Waals surface area contributed by atoms with Crippen LogP contribution in [0.3, 0.4) is 0 Å². The maximum absolute atomic E-state index is 13.7. The Morgan fingerprint density at radius 3 is 1.88 bits per heavy atom. The van der Waals surface area contributed by atoms with Crippen LogP contribution in [0, 0.1) is 0 Å². The molecule has 5 nitrogen and oxygen atoms in total. The number of likely N-dealkylation sites (N-methyl/N-ethyl adjacent to an activating group) is 1. The van der Waals surface area contributed by atoms with Crippen LogP contribution in [-0.4, -0.2) is 32.0 Å². The topological polar surface area (TPSA) is 43.9 Å². The van der Waals surface area contributed by atoms with Crippen LogP contribution in [0.15, 0.2) is 90.6 Å². The van der Waals surface area contributed by atoms with Crippen LogP contribution in [0.25, 0.3) is 5.57 Å². The lowest BCUT2D eigenvalue weighted by Crippen LogP contribution is -2.34. The predicted octanol–water partition coefficient (Wildman–Crippen LogP) is 5.10. The highest BCUT2D eigenvalue weighted by molar-refractivity contribution is 6.46. The maximum atomic E-state index is 13.7. The van der Waals surface area contributed by atoms with Crippen LogP contribution in [-0.2, 0) is 9.59 Å². The Kier molecular flexibility index (Phi) is 5.69. The van der Waals surface area contributed by atoms with Crippen LogP contribution in [0.2, 0.25) is 0 Å². The molecule has 0 aliphatic carbocycles. The molecule has 0 bridgehead atoms. The molecule has 1 saturated heterocycles. The summed E-state index contributed by atoms with van der Waals surface area (Å²) in [6, 6.07) is 26.9. The molecule has 2 heterocycles. The molecule has 5 heteroatoms. The summed E-state index contributed by atoms with van der Waals surface area (Å²) in [6.45, 7) is 2.10. The number of anilines is 3. The Balaban J connectivity index is 1.52. The van der Waals surface area contributed by atoms with Crippen LogP contribution in [0.5, 0.6) is 0 Å². The second kappa shape index (κ2) is 8.94. The summed E-state index contributed by atoms with van der Waals surface area (Å²) in [7, 11) is 1.84. The zero-order valence-corrected chi connectivity index (χ0v) is 18.8. The molecule has 2 amide bonds. The smallest absolute Gasteiger partial charge is 0.282 e. The summed E-state index contributed by atoms with van der Waals surface area (Å²) < 4.78 is 0. The number of carbonyl (C=O) groups excluding carboxylic acids is 2. The fraction of sp³-hybridized carbons (Fsp3) is 0.214. The summed E-state index contributed by atoms with van der Waals surface area (Å²) in [5.41, 5.74) is 4.13. The Bertz CT molecular complexity index is 1180. The van der Waals surface area contributed by atoms with Gasteiger partial charge in [0, 0.05) is 31.5 Å². The van der Waals surface area contributed by atoms with Crippen molar-refractivity contribution in [1.29, 1.82) is 0 Å². The minimum absolute atomic E-state index is 0.297. The van der Waals surface area contributed by atoms with E-state index in [0.29, 0.717) is 17.0 Å². The third-order valence-corrected chi connectivity index (χ3v) is 6.43. The SMILES string of the molecule is CN(C1=C(c2ccccc2)C(=O)N(c2ccc(N3CCCCC3)cc2)C1=O)c1ccccc1. The molecule has 2 aliphatic rings. The number of hydrogen-bond acceptors (Lipinski definition) is 4. The van der Waals surface area contributed by atoms with Gasteiger partial charge < -0.3 is 9.80 Å². The van der Waals surface area contributed by atoms with E-state index in [4.69, 9.17) is 0 Å². The van der Waals surface area contributed by atoms with E-state index in [-0.39, 0.29) is 11.8 Å². The fourth-order valence-electron chi connectivity index (χ4n) is 4.67. The van der Waals surface area contributed by atoms with Crippen LogP contribution in [0.4, 0.5) is 17.1 Å². The number of rotatable bonds is 5. The Labute approximate surface area is 194 Å². The molecule has 1 fully saturated rings. The third-order valence-electron chi connectivity index (χ3n) is 6.43. The Morgan fingerprint density at radius 2 is 1.24 bits per heavy atom. The van der Waals surface area contributed by atoms with Crippen molar-refractivity contribution in [3.8, 4) is 0 Å². The van der Waals surface area contributed by atoms with E-state index in [1.807, 2.05) is 96.9 Å². The number of hydrogen-bond donors (Lipinski definition) is 0. The molecule has 2 aliphatic heterocycles. The third kappa shape index (κ3) is 3.91. The number of imide groups is 1. The molecule has 0 atom stereocenters. The van der Waals surface area contributed by atoms with Crippen molar-refractivity contribution >= 4 is 34.4 Å². The summed E-state index contributed by atoms with van der Waals surface area (Å²) in [6.07, 6.45) is 3.67. The number of amides is 2. The first-order chi connectivity index (χ1) is 16.1. The maximum Gasteiger partial charge on any atom is 0.282 e. The molecule has 0 radical (unpaired) electrons. The number of benzene rings is 3. The Morgan fingerprint density at radius 1 is 0.667 bits per heavy atom. The average molecular weight is 438 g/mol. The minimum atomic E-state index is -0.309. The van der Waals surface area contributed by atoms with Crippen molar-refractivity contribution in [2.24, 2.45) is 0 Å². The molecule has 0 spiro atoms. The number of piperidine rings is 1. The number of carbonyl (C=O) groups is 2. The molecule has 0 saturated carbocycles. The lowest BCUT2D eigenvalue weighted by molar-refractivity contribution is -0.120. The molecule has 0 aromatic heterocycles. The second-order valence-electron chi connectivity index (χ2n) is 8.49. The van der Waals surface area contributed by atoms with Gasteiger partial charge in [0.25, 0.3) is 11.8 Å². The van der Waals surface area contributed by atoms with Gasteiger partial charge >= 0.3 is 0 Å². The van der Waals surface area contributed by atoms with Gasteiger partial charge in [-0.05, 0) is 61.2 Å². The highest BCUT2D eigenvalue weighted by Gasteiger charge is 2.42. The monoisotopic (exact) mass is 437 g/mol. The van der Waals surface area contributed by atoms with E-state index in [0.717, 1.165) is 30.0 Å². The summed E-state index contributed by atoms with van der Waals surface area (Å²) in [5, 5.41) is 0. The standard InChI is InChI=1S/C28H27N3O2/c1-29(22-13-7-3-8-14-22)26-25(21-11-5-2-6-12-21)27(32)31(28(26)33)24-17-15-23(16-18-24)30-19-9-4-10-20-30/h2-3,5-8,11-18H,4,9-10,19-20H2,1H3. The zero-order valence-electron chi connectivity index (χ0n) is 18.8. The molecule has 33 heavy (non-hydrogen) atoms. The van der Waals surface area contributed by atoms with Gasteiger partial charge in [0.15, 0.2) is 0 Å². The van der Waals surface area contributed by atoms with Crippen molar-refractivity contribution < 1.29 is 9.59 Å². The summed E-state index contributed by atoms with van der Waals surface area (Å²) in [4.78, 5) is 32.8. The van der Waals surface area contributed by atoms with Crippen molar-refractivity contribution in [3.63, 3.8) is 0 Å². The number of para-hydroxylation sites is 1. The molecule has 3 aromatic carbocycles. The normalized spacial score (nSPS) is 16.5. The molecule has 5 rings (SSSR count). The van der Waals surface area contributed by atoms with Crippen LogP contribution >= 0.6 is 0 Å². The highest BCUT2D eigenvalue weighted by atomic mass is 16.2. The van der Waals surface area contributed by atoms with Crippen LogP contribution < -0.4 is 14.7 Å². The van der Waals surface area contributed by atoms with Gasteiger partial charge in [0.2, 0.25) is 0 Å². The van der Waals surface area contributed by atoms with E-state index in [1.165, 1.54) is 24.2 Å². The fourth-order valence-corrected chi connectivity index (χ4v) is 4.67. The quantitative estimate of drug-likeness (QED) is 0.521. The van der Waals surface area contributed by atoms with Crippen molar-refractivity contribution in [2.45, 2.75) is 19.3 Å². The average Bonchev–Trinajstić information content (AvgIpc) is 3.15. The van der Waals surface area contributed by atoms with Gasteiger partial charge in [-0.1, -0.05) is 48.5 Å². The molecular weight excluding hydrogens is 410 g/mol. The van der Waals surface area contributed by atoms with Crippen molar-refractivity contribution in [3.05, 3.63) is 96.2 Å². The molecule has 0 unspecified atom stereocenters. The van der Waals surface area contributed by atoms with Crippen molar-refractivity contribution in [2.75, 3.05) is 34.8 Å². The summed E-state index contributed by atoms with van der Waals surface area (Å²) in [5.74, 6) is -0.606. The van der Waals surface area contributed by atoms with Crippen LogP contribution in [0.1, 0.15) is 24.8 Å². The van der Waals surface area contributed by atoms with Gasteiger partial charge in [-0.15, -0.1) is 0 Å². The first kappa shape index (κ1) is 21.0. The Hall–Kier alpha value is -3.86. The second-order valence-corrected chi connectivity index (χ2v) is 8.49. The molecule has 166 valence electrons. The van der Waals surface area contributed by atoms with Crippen molar-refractivity contribution in [1.82, 2.24) is 0 Å². The van der Waals surface area contributed by atoms with Gasteiger partial charge in [-0.2, -0.15) is 0 Å². The highest BCUT2D eigenvalue weighted by Crippen LogP contribution is 2.36. The van der Waals surface area contributed by atoms with E-state index >= 15 is 0 Å². The molecule has 0 N–H and O–H groups in total. The first-order valence-electron chi connectivity index (χ1n) is 11.5. The van der Waals surface area contributed by atoms with Gasteiger partial charge in [-0.3, -0.25) is 9.59 Å². The summed E-state index contributed by atoms with van der Waals surface area (Å²) >= 11 is 0. The molecule has 3 aromatic rings. The minimum Gasteiger partial charge on any atom is -0.372 e. The van der Waals surface area contributed by atoms with E-state index < -0.39 is 0 Å². The number of nitrogens with zero attached hydrogens (tertiary/aromatic N) is 3. The first-order valence-corrected chi connectivity index (χ1v) is 11.5. The van der Waals surface area contributed by atoms with Gasteiger partial charge in [-0.25, -0.2) is 4.90 Å². The van der Waals surface area contributed by atoms with E-state index in [9.17, 15) is 9.59 Å². The lowest BCUT2D eigenvalue weighted by Gasteiger charge is -2.29. The molecular formula is C28H27N3O2. The lowest BCUT2D eigenvalue weighted by atomic mass is 10.0.